The van der Waals surface area contributed by atoms with E-state index in [4.69, 9.17) is 23.2 Å². The van der Waals surface area contributed by atoms with Crippen LogP contribution >= 0.6 is 23.2 Å². The number of hydrogen-bond donors (Lipinski definition) is 1. The molecule has 0 spiro atoms. The standard InChI is InChI=1S/C40H45Cl2N3O4S/c1-28(2)32-17-19-34(20-18-32)45(50(48,49)35-21-14-29(3)15-22-35)27-39(46)44(26-31-16-23-36(41)37(42)24-31)38(25-30-10-6-4-7-11-30)40(47)43-33-12-8-5-9-13-33/h4,6-7,10-11,14-24,28,33,38H,5,8-9,12-13,25-27H2,1-3H3,(H,43,47)/t38-/m0/s1. The molecule has 0 radical (unpaired) electrons. The zero-order chi connectivity index (χ0) is 35.8. The molecule has 1 N–H and O–H groups in total. The predicted octanol–water partition coefficient (Wildman–Crippen LogP) is 8.71. The Balaban J connectivity index is 1.58. The second kappa shape index (κ2) is 16.9. The molecule has 7 nitrogen and oxygen atoms in total. The van der Waals surface area contributed by atoms with Crippen LogP contribution in [-0.4, -0.2) is 43.8 Å². The zero-order valence-corrected chi connectivity index (χ0v) is 31.1. The van der Waals surface area contributed by atoms with Crippen LogP contribution < -0.4 is 9.62 Å². The highest BCUT2D eigenvalue weighted by molar-refractivity contribution is 7.92. The van der Waals surface area contributed by atoms with Crippen molar-refractivity contribution in [2.24, 2.45) is 0 Å². The summed E-state index contributed by atoms with van der Waals surface area (Å²) in [5.74, 6) is -0.571. The van der Waals surface area contributed by atoms with E-state index in [0.717, 1.165) is 53.1 Å². The Hall–Kier alpha value is -3.85. The van der Waals surface area contributed by atoms with Crippen molar-refractivity contribution in [1.82, 2.24) is 10.2 Å². The lowest BCUT2D eigenvalue weighted by Crippen LogP contribution is -2.55. The lowest BCUT2D eigenvalue weighted by molar-refractivity contribution is -0.140. The van der Waals surface area contributed by atoms with Crippen molar-refractivity contribution >= 4 is 50.7 Å². The second-order valence-corrected chi connectivity index (χ2v) is 16.1. The van der Waals surface area contributed by atoms with Crippen LogP contribution in [0.1, 0.15) is 74.1 Å². The van der Waals surface area contributed by atoms with E-state index >= 15 is 0 Å². The number of amides is 2. The summed E-state index contributed by atoms with van der Waals surface area (Å²) in [6, 6.07) is 27.5. The molecule has 1 saturated carbocycles. The van der Waals surface area contributed by atoms with Crippen molar-refractivity contribution in [1.29, 1.82) is 0 Å². The molecule has 0 bridgehead atoms. The number of benzene rings is 4. The maximum atomic E-state index is 14.8. The molecule has 10 heteroatoms. The van der Waals surface area contributed by atoms with E-state index in [1.54, 1.807) is 54.6 Å². The van der Waals surface area contributed by atoms with Gasteiger partial charge in [-0.25, -0.2) is 8.42 Å². The van der Waals surface area contributed by atoms with E-state index in [0.29, 0.717) is 21.3 Å². The van der Waals surface area contributed by atoms with Gasteiger partial charge < -0.3 is 10.2 Å². The Labute approximate surface area is 306 Å². The molecule has 1 aliphatic carbocycles. The predicted molar refractivity (Wildman–Crippen MR) is 202 cm³/mol. The normalized spacial score (nSPS) is 14.3. The zero-order valence-electron chi connectivity index (χ0n) is 28.8. The van der Waals surface area contributed by atoms with E-state index in [1.165, 1.54) is 4.90 Å². The molecule has 0 aromatic heterocycles. The topological polar surface area (TPSA) is 86.8 Å². The lowest BCUT2D eigenvalue weighted by Gasteiger charge is -2.35. The Morgan fingerprint density at radius 3 is 2.10 bits per heavy atom. The highest BCUT2D eigenvalue weighted by Crippen LogP contribution is 2.29. The first-order valence-corrected chi connectivity index (χ1v) is 19.4. The van der Waals surface area contributed by atoms with Gasteiger partial charge in [-0.2, -0.15) is 0 Å². The molecule has 4 aromatic rings. The molecule has 1 aliphatic rings. The quantitative estimate of drug-likeness (QED) is 0.149. The van der Waals surface area contributed by atoms with E-state index in [1.807, 2.05) is 49.4 Å². The molecule has 0 heterocycles. The average molecular weight is 735 g/mol. The van der Waals surface area contributed by atoms with Gasteiger partial charge in [0.2, 0.25) is 11.8 Å². The molecule has 2 amide bonds. The summed E-state index contributed by atoms with van der Waals surface area (Å²) in [4.78, 5) is 30.7. The van der Waals surface area contributed by atoms with Crippen LogP contribution in [-0.2, 0) is 32.6 Å². The van der Waals surface area contributed by atoms with Gasteiger partial charge in [0.25, 0.3) is 10.0 Å². The van der Waals surface area contributed by atoms with Crippen molar-refractivity contribution in [3.05, 3.63) is 129 Å². The molecule has 50 heavy (non-hydrogen) atoms. The molecule has 264 valence electrons. The van der Waals surface area contributed by atoms with Crippen LogP contribution in [0.15, 0.2) is 102 Å². The van der Waals surface area contributed by atoms with Gasteiger partial charge in [0.15, 0.2) is 0 Å². The number of hydrogen-bond acceptors (Lipinski definition) is 4. The lowest BCUT2D eigenvalue weighted by atomic mass is 9.94. The van der Waals surface area contributed by atoms with Crippen molar-refractivity contribution in [3.8, 4) is 0 Å². The molecule has 0 aliphatic heterocycles. The Morgan fingerprint density at radius 1 is 0.820 bits per heavy atom. The van der Waals surface area contributed by atoms with Crippen LogP contribution in [0.3, 0.4) is 0 Å². The Bertz CT molecular complexity index is 1860. The molecule has 1 atom stereocenters. The number of halogens is 2. The summed E-state index contributed by atoms with van der Waals surface area (Å²) >= 11 is 12.7. The molecular weight excluding hydrogens is 689 g/mol. The van der Waals surface area contributed by atoms with Gasteiger partial charge in [0.05, 0.1) is 20.6 Å². The first kappa shape index (κ1) is 37.4. The first-order valence-electron chi connectivity index (χ1n) is 17.2. The fourth-order valence-corrected chi connectivity index (χ4v) is 8.06. The Kier molecular flexibility index (Phi) is 12.6. The minimum absolute atomic E-state index is 0.00865. The third-order valence-electron chi connectivity index (χ3n) is 9.30. The molecular formula is C40H45Cl2N3O4S. The van der Waals surface area contributed by atoms with Crippen molar-refractivity contribution in [3.63, 3.8) is 0 Å². The smallest absolute Gasteiger partial charge is 0.264 e. The minimum Gasteiger partial charge on any atom is -0.352 e. The van der Waals surface area contributed by atoms with Crippen molar-refractivity contribution in [2.45, 2.75) is 88.7 Å². The number of anilines is 1. The summed E-state index contributed by atoms with van der Waals surface area (Å²) in [6.45, 7) is 5.49. The van der Waals surface area contributed by atoms with Crippen LogP contribution in [0.5, 0.6) is 0 Å². The van der Waals surface area contributed by atoms with Gasteiger partial charge in [0.1, 0.15) is 12.6 Å². The summed E-state index contributed by atoms with van der Waals surface area (Å²) in [5, 5.41) is 3.91. The van der Waals surface area contributed by atoms with Crippen LogP contribution in [0, 0.1) is 6.92 Å². The number of carbonyl (C=O) groups excluding carboxylic acids is 2. The number of rotatable bonds is 13. The summed E-state index contributed by atoms with van der Waals surface area (Å²) in [6.07, 6.45) is 5.17. The van der Waals surface area contributed by atoms with Gasteiger partial charge in [-0.15, -0.1) is 0 Å². The molecule has 4 aromatic carbocycles. The average Bonchev–Trinajstić information content (AvgIpc) is 3.11. The van der Waals surface area contributed by atoms with E-state index < -0.39 is 28.5 Å². The van der Waals surface area contributed by atoms with Crippen molar-refractivity contribution in [2.75, 3.05) is 10.8 Å². The maximum Gasteiger partial charge on any atom is 0.264 e. The van der Waals surface area contributed by atoms with Crippen LogP contribution in [0.2, 0.25) is 10.0 Å². The van der Waals surface area contributed by atoms with Gasteiger partial charge in [-0.05, 0) is 78.8 Å². The highest BCUT2D eigenvalue weighted by Gasteiger charge is 2.35. The summed E-state index contributed by atoms with van der Waals surface area (Å²) < 4.78 is 29.9. The van der Waals surface area contributed by atoms with Crippen LogP contribution in [0.4, 0.5) is 5.69 Å². The number of sulfonamides is 1. The van der Waals surface area contributed by atoms with E-state index in [2.05, 4.69) is 19.2 Å². The first-order chi connectivity index (χ1) is 23.9. The maximum absolute atomic E-state index is 14.8. The number of nitrogens with zero attached hydrogens (tertiary/aromatic N) is 2. The van der Waals surface area contributed by atoms with Crippen LogP contribution in [0.25, 0.3) is 0 Å². The largest absolute Gasteiger partial charge is 0.352 e. The fraction of sp³-hybridized carbons (Fsp3) is 0.350. The molecule has 1 fully saturated rings. The monoisotopic (exact) mass is 733 g/mol. The fourth-order valence-electron chi connectivity index (χ4n) is 6.32. The minimum atomic E-state index is -4.20. The Morgan fingerprint density at radius 2 is 1.48 bits per heavy atom. The molecule has 0 saturated heterocycles. The van der Waals surface area contributed by atoms with Gasteiger partial charge >= 0.3 is 0 Å². The van der Waals surface area contributed by atoms with Gasteiger partial charge in [-0.3, -0.25) is 13.9 Å². The number of carbonyl (C=O) groups is 2. The van der Waals surface area contributed by atoms with E-state index in [-0.39, 0.29) is 35.7 Å². The van der Waals surface area contributed by atoms with Gasteiger partial charge in [0, 0.05) is 19.0 Å². The van der Waals surface area contributed by atoms with Gasteiger partial charge in [-0.1, -0.05) is 123 Å². The second-order valence-electron chi connectivity index (χ2n) is 13.4. The third kappa shape index (κ3) is 9.47. The molecule has 5 rings (SSSR count). The number of aryl methyl sites for hydroxylation is 1. The third-order valence-corrected chi connectivity index (χ3v) is 11.8. The number of nitrogens with one attached hydrogen (secondary N) is 1. The highest BCUT2D eigenvalue weighted by atomic mass is 35.5. The molecule has 0 unspecified atom stereocenters. The van der Waals surface area contributed by atoms with Crippen molar-refractivity contribution < 1.29 is 18.0 Å². The summed E-state index contributed by atoms with van der Waals surface area (Å²) in [5.41, 5.74) is 3.83. The SMILES string of the molecule is Cc1ccc(S(=O)(=O)N(CC(=O)N(Cc2ccc(Cl)c(Cl)c2)[C@@H](Cc2ccccc2)C(=O)NC2CCCCC2)c2ccc(C(C)C)cc2)cc1. The van der Waals surface area contributed by atoms with E-state index in [9.17, 15) is 18.0 Å². The summed E-state index contributed by atoms with van der Waals surface area (Å²) in [7, 11) is -4.20.